The number of hydroxylamine groups is 2. The van der Waals surface area contributed by atoms with Crippen molar-refractivity contribution in [3.05, 3.63) is 0 Å². The van der Waals surface area contributed by atoms with Gasteiger partial charge in [-0.15, -0.1) is 0 Å². The van der Waals surface area contributed by atoms with E-state index in [1.54, 1.807) is 0 Å². The lowest BCUT2D eigenvalue weighted by atomic mass is 10.5. The van der Waals surface area contributed by atoms with E-state index >= 15 is 0 Å². The Morgan fingerprint density at radius 1 is 1.92 bits per heavy atom. The summed E-state index contributed by atoms with van der Waals surface area (Å²) in [5.41, 5.74) is 4.78. The van der Waals surface area contributed by atoms with Gasteiger partial charge in [0.15, 0.2) is 0 Å². The number of carbonyl (C=O) groups is 2. The number of nitrogens with one attached hydrogen (secondary N) is 1. The van der Waals surface area contributed by atoms with Crippen LogP contribution >= 0.6 is 0 Å². The zero-order chi connectivity index (χ0) is 9.14. The van der Waals surface area contributed by atoms with Crippen LogP contribution in [0.5, 0.6) is 0 Å². The van der Waals surface area contributed by atoms with Crippen LogP contribution in [0.25, 0.3) is 0 Å². The fourth-order valence-electron chi connectivity index (χ4n) is 0.681. The maximum Gasteiger partial charge on any atom is 0.423 e. The van der Waals surface area contributed by atoms with Crippen LogP contribution in [0.15, 0.2) is 4.99 Å². The first-order valence-corrected chi connectivity index (χ1v) is 3.41. The smallest absolute Gasteiger partial charge is 0.422 e. The monoisotopic (exact) mass is 184 g/mol. The van der Waals surface area contributed by atoms with Gasteiger partial charge in [-0.25, -0.2) is 14.9 Å². The zero-order valence-electron chi connectivity index (χ0n) is 5.93. The topological polar surface area (TPSA) is 97.0 Å². The number of rotatable bonds is 2. The van der Waals surface area contributed by atoms with Gasteiger partial charge in [0.2, 0.25) is 6.17 Å². The average molecular weight is 184 g/mol. The normalized spacial score (nSPS) is 21.5. The molecule has 0 saturated heterocycles. The number of urea groups is 1. The minimum absolute atomic E-state index is 0.496. The van der Waals surface area contributed by atoms with Crippen LogP contribution in [0.4, 0.5) is 4.79 Å². The van der Waals surface area contributed by atoms with Crippen LogP contribution in [-0.2, 0) is 8.68 Å². The molecule has 0 saturated carbocycles. The minimum atomic E-state index is -0.969. The third kappa shape index (κ3) is 1.73. The molecule has 0 fully saturated rings. The Labute approximate surface area is 76.3 Å². The van der Waals surface area contributed by atoms with Crippen molar-refractivity contribution >= 4 is 34.9 Å². The number of nitrogens with zero attached hydrogens (tertiary/aromatic N) is 2. The maximum absolute atomic E-state index is 11.1. The van der Waals surface area contributed by atoms with Crippen molar-refractivity contribution in [3.8, 4) is 0 Å². The highest BCUT2D eigenvalue weighted by Gasteiger charge is 2.28. The molecule has 1 rings (SSSR count). The number of aliphatic imine (C=N–C) groups is 1. The SMILES string of the molecule is NC(=O)NC1N=CN([O][Al])C1=O. The lowest BCUT2D eigenvalue weighted by Gasteiger charge is -2.12. The maximum atomic E-state index is 11.1. The molecule has 0 aromatic rings. The molecular formula is C4H5AlN4O3. The van der Waals surface area contributed by atoms with Crippen LogP contribution in [0.3, 0.4) is 0 Å². The van der Waals surface area contributed by atoms with Crippen molar-refractivity contribution in [2.75, 3.05) is 0 Å². The third-order valence-corrected chi connectivity index (χ3v) is 1.39. The predicted molar refractivity (Wildman–Crippen MR) is 38.7 cm³/mol. The van der Waals surface area contributed by atoms with Gasteiger partial charge in [-0.2, -0.15) is 0 Å². The molecule has 8 heteroatoms. The summed E-state index contributed by atoms with van der Waals surface area (Å²) in [5, 5.41) is 2.98. The van der Waals surface area contributed by atoms with E-state index < -0.39 is 18.1 Å². The second-order valence-corrected chi connectivity index (χ2v) is 2.16. The summed E-state index contributed by atoms with van der Waals surface area (Å²) < 4.78 is 4.49. The molecule has 0 bridgehead atoms. The lowest BCUT2D eigenvalue weighted by molar-refractivity contribution is -0.142. The van der Waals surface area contributed by atoms with E-state index in [2.05, 4.69) is 14.2 Å². The Hall–Kier alpha value is -1.10. The molecule has 1 atom stereocenters. The summed E-state index contributed by atoms with van der Waals surface area (Å²) in [4.78, 5) is 25.0. The van der Waals surface area contributed by atoms with Crippen LogP contribution in [-0.4, -0.2) is 46.1 Å². The van der Waals surface area contributed by atoms with Gasteiger partial charge in [-0.05, 0) is 0 Å². The van der Waals surface area contributed by atoms with E-state index in [0.29, 0.717) is 0 Å². The van der Waals surface area contributed by atoms with E-state index in [-0.39, 0.29) is 0 Å². The quantitative estimate of drug-likeness (QED) is 0.479. The molecule has 1 heterocycles. The highest BCUT2D eigenvalue weighted by Crippen LogP contribution is 2.01. The van der Waals surface area contributed by atoms with Crippen molar-refractivity contribution in [1.29, 1.82) is 0 Å². The Bertz CT molecular complexity index is 242. The van der Waals surface area contributed by atoms with Crippen molar-refractivity contribution < 1.29 is 13.5 Å². The number of primary amides is 1. The summed E-state index contributed by atoms with van der Waals surface area (Å²) in [6.07, 6.45) is 0.179. The molecule has 0 aliphatic carbocycles. The van der Waals surface area contributed by atoms with Gasteiger partial charge < -0.3 is 14.9 Å². The van der Waals surface area contributed by atoms with E-state index in [1.165, 1.54) is 0 Å². The van der Waals surface area contributed by atoms with Gasteiger partial charge >= 0.3 is 22.7 Å². The number of hydrogen-bond acceptors (Lipinski definition) is 4. The van der Waals surface area contributed by atoms with Crippen LogP contribution in [0, 0.1) is 0 Å². The molecule has 1 aliphatic heterocycles. The van der Waals surface area contributed by atoms with Gasteiger partial charge in [0.1, 0.15) is 6.34 Å². The summed E-state index contributed by atoms with van der Waals surface area (Å²) in [6, 6.07) is -0.809. The van der Waals surface area contributed by atoms with Gasteiger partial charge in [0.05, 0.1) is 0 Å². The minimum Gasteiger partial charge on any atom is -0.422 e. The average Bonchev–Trinajstić information content (AvgIpc) is 2.32. The number of nitrogens with two attached hydrogens (primary N) is 1. The summed E-state index contributed by atoms with van der Waals surface area (Å²) in [7, 11) is 0. The van der Waals surface area contributed by atoms with Crippen molar-refractivity contribution in [2.45, 2.75) is 6.17 Å². The number of carbonyl (C=O) groups excluding carboxylic acids is 2. The van der Waals surface area contributed by atoms with Gasteiger partial charge in [-0.1, -0.05) is 0 Å². The first-order chi connectivity index (χ1) is 5.65. The molecule has 1 unspecified atom stereocenters. The molecule has 3 N–H and O–H groups in total. The molecular weight excluding hydrogens is 179 g/mol. The number of hydrogen-bond donors (Lipinski definition) is 2. The Morgan fingerprint density at radius 2 is 2.58 bits per heavy atom. The molecule has 12 heavy (non-hydrogen) atoms. The Morgan fingerprint density at radius 3 is 3.00 bits per heavy atom. The lowest BCUT2D eigenvalue weighted by Crippen LogP contribution is -2.44. The van der Waals surface area contributed by atoms with E-state index in [1.807, 2.05) is 16.6 Å². The molecule has 0 aromatic carbocycles. The molecule has 0 spiro atoms. The fraction of sp³-hybridized carbons (Fsp3) is 0.250. The molecule has 3 amide bonds. The van der Waals surface area contributed by atoms with Gasteiger partial charge in [0.25, 0.3) is 5.91 Å². The number of amides is 3. The first-order valence-electron chi connectivity index (χ1n) is 2.94. The second-order valence-electron chi connectivity index (χ2n) is 1.95. The summed E-state index contributed by atoms with van der Waals surface area (Å²) in [6.45, 7) is 0. The Kier molecular flexibility index (Phi) is 2.65. The zero-order valence-corrected chi connectivity index (χ0v) is 7.08. The highest BCUT2D eigenvalue weighted by atomic mass is 27.1. The third-order valence-electron chi connectivity index (χ3n) is 1.16. The first kappa shape index (κ1) is 8.99. The molecule has 7 nitrogen and oxygen atoms in total. The fourth-order valence-corrected chi connectivity index (χ4v) is 0.840. The van der Waals surface area contributed by atoms with E-state index in [9.17, 15) is 9.59 Å². The van der Waals surface area contributed by atoms with Gasteiger partial charge in [0, 0.05) is 0 Å². The van der Waals surface area contributed by atoms with E-state index in [0.717, 1.165) is 11.4 Å². The molecule has 0 aromatic heterocycles. The van der Waals surface area contributed by atoms with Crippen molar-refractivity contribution in [1.82, 2.24) is 10.4 Å². The summed E-state index contributed by atoms with van der Waals surface area (Å²) in [5.74, 6) is -0.496. The molecule has 1 aliphatic rings. The Balaban J connectivity index is 2.56. The highest BCUT2D eigenvalue weighted by molar-refractivity contribution is 6.03. The van der Waals surface area contributed by atoms with Crippen LogP contribution in [0.2, 0.25) is 0 Å². The predicted octanol–water partition coefficient (Wildman–Crippen LogP) is -2.13. The molecule has 62 valence electrons. The van der Waals surface area contributed by atoms with Crippen molar-refractivity contribution in [2.24, 2.45) is 10.7 Å². The standard InChI is InChI=1S/C4H5N4O3.Al/c5-4(10)7-2-3(9)8(11)1-6-2;/h1-2H,(H3,5,7,10);/q-1;+1. The molecule has 2 radical (unpaired) electrons. The summed E-state index contributed by atoms with van der Waals surface area (Å²) >= 11 is 1.88. The van der Waals surface area contributed by atoms with Crippen molar-refractivity contribution in [3.63, 3.8) is 0 Å². The second kappa shape index (κ2) is 3.53. The van der Waals surface area contributed by atoms with Crippen LogP contribution < -0.4 is 11.1 Å². The van der Waals surface area contributed by atoms with E-state index in [4.69, 9.17) is 5.73 Å². The van der Waals surface area contributed by atoms with Gasteiger partial charge in [-0.3, -0.25) is 4.79 Å². The van der Waals surface area contributed by atoms with Crippen LogP contribution in [0.1, 0.15) is 0 Å². The largest absolute Gasteiger partial charge is 0.423 e.